The van der Waals surface area contributed by atoms with Crippen LogP contribution in [0.5, 0.6) is 0 Å². The van der Waals surface area contributed by atoms with Gasteiger partial charge in [0.2, 0.25) is 15.9 Å². The Labute approximate surface area is 170 Å². The first-order valence-electron chi connectivity index (χ1n) is 8.57. The van der Waals surface area contributed by atoms with E-state index in [2.05, 4.69) is 5.32 Å². The molecule has 0 saturated carbocycles. The first-order valence-corrected chi connectivity index (χ1v) is 10.4. The molecule has 0 aliphatic carbocycles. The van der Waals surface area contributed by atoms with Gasteiger partial charge in [0, 0.05) is 30.8 Å². The second-order valence-electron chi connectivity index (χ2n) is 6.34. The van der Waals surface area contributed by atoms with Gasteiger partial charge in [-0.1, -0.05) is 12.1 Å². The monoisotopic (exact) mass is 445 g/mol. The summed E-state index contributed by atoms with van der Waals surface area (Å²) in [6.45, 7) is -0.143. The first kappa shape index (κ1) is 23.1. The third kappa shape index (κ3) is 6.44. The number of carbonyl (C=O) groups is 1. The molecule has 30 heavy (non-hydrogen) atoms. The van der Waals surface area contributed by atoms with E-state index in [-0.39, 0.29) is 36.4 Å². The number of anilines is 2. The summed E-state index contributed by atoms with van der Waals surface area (Å²) >= 11 is 0. The normalized spacial score (nSPS) is 11.7. The van der Waals surface area contributed by atoms with Gasteiger partial charge in [-0.25, -0.2) is 8.42 Å². The zero-order valence-corrected chi connectivity index (χ0v) is 16.5. The van der Waals surface area contributed by atoms with Crippen molar-refractivity contribution in [3.8, 4) is 0 Å². The number of alkyl halides is 3. The minimum absolute atomic E-state index is 0.0338. The lowest BCUT2D eigenvalue weighted by Gasteiger charge is -2.22. The highest BCUT2D eigenvalue weighted by atomic mass is 32.2. The fourth-order valence-electron chi connectivity index (χ4n) is 2.63. The zero-order chi connectivity index (χ0) is 22.5. The van der Waals surface area contributed by atoms with Gasteiger partial charge in [0.05, 0.1) is 22.4 Å². The van der Waals surface area contributed by atoms with Crippen molar-refractivity contribution >= 4 is 33.0 Å². The number of halogens is 3. The van der Waals surface area contributed by atoms with Gasteiger partial charge in [0.1, 0.15) is 0 Å². The van der Waals surface area contributed by atoms with Crippen LogP contribution in [0.1, 0.15) is 18.4 Å². The van der Waals surface area contributed by atoms with Crippen LogP contribution in [0.4, 0.5) is 30.2 Å². The van der Waals surface area contributed by atoms with Crippen LogP contribution in [0.2, 0.25) is 0 Å². The highest BCUT2D eigenvalue weighted by Gasteiger charge is 2.30. The molecule has 0 saturated heterocycles. The van der Waals surface area contributed by atoms with E-state index in [0.29, 0.717) is 0 Å². The topological polar surface area (TPSA) is 110 Å². The van der Waals surface area contributed by atoms with Crippen LogP contribution in [-0.2, 0) is 21.0 Å². The number of non-ortho nitro benzene ring substituents is 1. The van der Waals surface area contributed by atoms with Gasteiger partial charge >= 0.3 is 6.18 Å². The minimum Gasteiger partial charge on any atom is -0.326 e. The molecule has 0 atom stereocenters. The molecular weight excluding hydrogens is 427 g/mol. The van der Waals surface area contributed by atoms with E-state index in [1.54, 1.807) is 0 Å². The lowest BCUT2D eigenvalue weighted by atomic mass is 10.2. The summed E-state index contributed by atoms with van der Waals surface area (Å²) in [6, 6.07) is 9.17. The van der Waals surface area contributed by atoms with Crippen molar-refractivity contribution in [1.29, 1.82) is 0 Å². The second kappa shape index (κ2) is 9.11. The lowest BCUT2D eigenvalue weighted by molar-refractivity contribution is -0.384. The summed E-state index contributed by atoms with van der Waals surface area (Å²) < 4.78 is 63.2. The molecule has 0 unspecified atom stereocenters. The van der Waals surface area contributed by atoms with Crippen LogP contribution in [0.15, 0.2) is 48.5 Å². The van der Waals surface area contributed by atoms with Crippen LogP contribution in [0, 0.1) is 10.1 Å². The largest absolute Gasteiger partial charge is 0.416 e. The molecule has 8 nitrogen and oxygen atoms in total. The second-order valence-corrected chi connectivity index (χ2v) is 8.25. The molecule has 1 amide bonds. The van der Waals surface area contributed by atoms with E-state index in [9.17, 15) is 36.5 Å². The average Bonchev–Trinajstić information content (AvgIpc) is 2.64. The Morgan fingerprint density at radius 1 is 1.17 bits per heavy atom. The molecule has 0 bridgehead atoms. The van der Waals surface area contributed by atoms with Crippen LogP contribution in [0.3, 0.4) is 0 Å². The van der Waals surface area contributed by atoms with Gasteiger partial charge in [-0.05, 0) is 30.7 Å². The van der Waals surface area contributed by atoms with E-state index in [0.717, 1.165) is 34.8 Å². The Morgan fingerprint density at radius 3 is 2.43 bits per heavy atom. The minimum atomic E-state index is -4.55. The third-order valence-electron chi connectivity index (χ3n) is 3.97. The molecule has 0 aliphatic rings. The SMILES string of the molecule is CS(=O)(=O)N(CCCC(=O)Nc1cccc(C(F)(F)F)c1)c1cccc([N+](=O)[O-])c1. The number of carbonyl (C=O) groups excluding carboxylic acids is 1. The number of amides is 1. The highest BCUT2D eigenvalue weighted by molar-refractivity contribution is 7.92. The summed E-state index contributed by atoms with van der Waals surface area (Å²) in [6.07, 6.45) is -3.75. The van der Waals surface area contributed by atoms with E-state index >= 15 is 0 Å². The summed E-state index contributed by atoms with van der Waals surface area (Å²) in [7, 11) is -3.79. The fraction of sp³-hybridized carbons (Fsp3) is 0.278. The van der Waals surface area contributed by atoms with Gasteiger partial charge in [0.15, 0.2) is 0 Å². The standard InChI is InChI=1S/C18H18F3N3O5S/c1-30(28,29)23(15-7-3-8-16(12-15)24(26)27)10-4-9-17(25)22-14-6-2-5-13(11-14)18(19,20)21/h2-3,5-8,11-12H,4,9-10H2,1H3,(H,22,25). The summed E-state index contributed by atoms with van der Waals surface area (Å²) in [5, 5.41) is 13.2. The smallest absolute Gasteiger partial charge is 0.326 e. The van der Waals surface area contributed by atoms with Gasteiger partial charge in [-0.2, -0.15) is 13.2 Å². The predicted octanol–water partition coefficient (Wildman–Crippen LogP) is 3.80. The van der Waals surface area contributed by atoms with Crippen LogP contribution in [-0.4, -0.2) is 32.0 Å². The quantitative estimate of drug-likeness (QED) is 0.491. The van der Waals surface area contributed by atoms with Crippen molar-refractivity contribution in [2.75, 3.05) is 22.4 Å². The molecule has 1 N–H and O–H groups in total. The van der Waals surface area contributed by atoms with Gasteiger partial charge in [0.25, 0.3) is 5.69 Å². The predicted molar refractivity (Wildman–Crippen MR) is 105 cm³/mol. The van der Waals surface area contributed by atoms with Crippen molar-refractivity contribution in [3.05, 3.63) is 64.2 Å². The molecule has 0 fully saturated rings. The van der Waals surface area contributed by atoms with Crippen LogP contribution >= 0.6 is 0 Å². The fourth-order valence-corrected chi connectivity index (χ4v) is 3.59. The van der Waals surface area contributed by atoms with Crippen molar-refractivity contribution < 1.29 is 31.3 Å². The van der Waals surface area contributed by atoms with E-state index in [4.69, 9.17) is 0 Å². The van der Waals surface area contributed by atoms with E-state index in [1.165, 1.54) is 24.3 Å². The number of nitro benzene ring substituents is 1. The summed E-state index contributed by atoms with van der Waals surface area (Å²) in [5.41, 5.74) is -1.16. The van der Waals surface area contributed by atoms with Crippen molar-refractivity contribution in [2.45, 2.75) is 19.0 Å². The Hall–Kier alpha value is -3.15. The Kier molecular flexibility index (Phi) is 7.03. The molecule has 0 aromatic heterocycles. The number of nitrogens with zero attached hydrogens (tertiary/aromatic N) is 2. The zero-order valence-electron chi connectivity index (χ0n) is 15.7. The molecule has 0 spiro atoms. The van der Waals surface area contributed by atoms with Crippen molar-refractivity contribution in [2.24, 2.45) is 0 Å². The van der Waals surface area contributed by atoms with Crippen molar-refractivity contribution in [3.63, 3.8) is 0 Å². The molecule has 2 aromatic rings. The number of benzene rings is 2. The maximum atomic E-state index is 12.7. The Bertz CT molecular complexity index is 1040. The molecule has 12 heteroatoms. The number of sulfonamides is 1. The average molecular weight is 445 g/mol. The Morgan fingerprint density at radius 2 is 1.83 bits per heavy atom. The van der Waals surface area contributed by atoms with Crippen LogP contribution < -0.4 is 9.62 Å². The molecule has 0 heterocycles. The summed E-state index contributed by atoms with van der Waals surface area (Å²) in [4.78, 5) is 22.3. The lowest BCUT2D eigenvalue weighted by Crippen LogP contribution is -2.31. The third-order valence-corrected chi connectivity index (χ3v) is 5.16. The van der Waals surface area contributed by atoms with Gasteiger partial charge in [-0.15, -0.1) is 0 Å². The molecule has 162 valence electrons. The molecule has 2 aromatic carbocycles. The van der Waals surface area contributed by atoms with E-state index < -0.39 is 32.6 Å². The first-order chi connectivity index (χ1) is 13.9. The maximum absolute atomic E-state index is 12.7. The summed E-state index contributed by atoms with van der Waals surface area (Å²) in [5.74, 6) is -0.596. The number of nitro groups is 1. The number of hydrogen-bond donors (Lipinski definition) is 1. The number of nitrogens with one attached hydrogen (secondary N) is 1. The maximum Gasteiger partial charge on any atom is 0.416 e. The van der Waals surface area contributed by atoms with E-state index in [1.807, 2.05) is 0 Å². The highest BCUT2D eigenvalue weighted by Crippen LogP contribution is 2.30. The van der Waals surface area contributed by atoms with Crippen molar-refractivity contribution in [1.82, 2.24) is 0 Å². The van der Waals surface area contributed by atoms with Gasteiger partial charge < -0.3 is 5.32 Å². The molecular formula is C18H18F3N3O5S. The number of hydrogen-bond acceptors (Lipinski definition) is 5. The Balaban J connectivity index is 2.03. The van der Waals surface area contributed by atoms with Crippen LogP contribution in [0.25, 0.3) is 0 Å². The molecule has 0 radical (unpaired) electrons. The molecule has 0 aliphatic heterocycles. The van der Waals surface area contributed by atoms with Gasteiger partial charge in [-0.3, -0.25) is 19.2 Å². The molecule has 2 rings (SSSR count). The number of rotatable bonds is 8.